The average Bonchev–Trinajstić information content (AvgIpc) is 3.34. The number of likely N-dealkylation sites (tertiary alicyclic amines) is 2. The number of halogens is 1. The quantitative estimate of drug-likeness (QED) is 0.847. The van der Waals surface area contributed by atoms with Gasteiger partial charge in [-0.05, 0) is 56.5 Å². The topological polar surface area (TPSA) is 49.3 Å². The Morgan fingerprint density at radius 1 is 1.08 bits per heavy atom. The summed E-state index contributed by atoms with van der Waals surface area (Å²) in [6.07, 6.45) is 9.17. The van der Waals surface area contributed by atoms with E-state index >= 15 is 0 Å². The number of hydrogen-bond acceptors (Lipinski definition) is 4. The molecule has 1 aromatic carbocycles. The lowest BCUT2D eigenvalue weighted by molar-refractivity contribution is 0.0704. The van der Waals surface area contributed by atoms with Gasteiger partial charge in [-0.15, -0.1) is 0 Å². The third-order valence-electron chi connectivity index (χ3n) is 5.40. The number of hydrogen-bond donors (Lipinski definition) is 0. The molecule has 0 saturated carbocycles. The maximum atomic E-state index is 14.7. The Morgan fingerprint density at radius 3 is 2.58 bits per heavy atom. The van der Waals surface area contributed by atoms with E-state index in [1.54, 1.807) is 24.5 Å². The molecule has 136 valence electrons. The first kappa shape index (κ1) is 17.1. The molecule has 2 fully saturated rings. The van der Waals surface area contributed by atoms with E-state index in [2.05, 4.69) is 14.9 Å². The average molecular weight is 354 g/mol. The van der Waals surface area contributed by atoms with Gasteiger partial charge in [-0.2, -0.15) is 0 Å². The highest BCUT2D eigenvalue weighted by atomic mass is 19.1. The van der Waals surface area contributed by atoms with Crippen molar-refractivity contribution in [3.63, 3.8) is 0 Å². The van der Waals surface area contributed by atoms with Crippen LogP contribution in [0.2, 0.25) is 0 Å². The molecular formula is C20H23FN4O. The lowest BCUT2D eigenvalue weighted by atomic mass is 10.0. The first-order valence-corrected chi connectivity index (χ1v) is 9.30. The van der Waals surface area contributed by atoms with Crippen LogP contribution in [-0.4, -0.2) is 57.9 Å². The summed E-state index contributed by atoms with van der Waals surface area (Å²) in [5.41, 5.74) is 1.56. The molecule has 0 radical (unpaired) electrons. The molecular weight excluding hydrogens is 331 g/mol. The Balaban J connectivity index is 1.52. The number of benzene rings is 1. The van der Waals surface area contributed by atoms with Gasteiger partial charge >= 0.3 is 0 Å². The molecule has 2 aliphatic heterocycles. The van der Waals surface area contributed by atoms with Crippen molar-refractivity contribution < 1.29 is 9.18 Å². The maximum absolute atomic E-state index is 14.7. The molecule has 3 heterocycles. The van der Waals surface area contributed by atoms with Crippen molar-refractivity contribution in [1.29, 1.82) is 0 Å². The van der Waals surface area contributed by atoms with E-state index in [-0.39, 0.29) is 17.5 Å². The van der Waals surface area contributed by atoms with E-state index < -0.39 is 5.82 Å². The highest BCUT2D eigenvalue weighted by Gasteiger charge is 2.32. The molecule has 1 atom stereocenters. The van der Waals surface area contributed by atoms with Crippen LogP contribution < -0.4 is 0 Å². The molecule has 0 spiro atoms. The zero-order valence-electron chi connectivity index (χ0n) is 14.8. The van der Waals surface area contributed by atoms with Gasteiger partial charge in [-0.1, -0.05) is 6.07 Å². The Labute approximate surface area is 152 Å². The van der Waals surface area contributed by atoms with Crippen LogP contribution in [-0.2, 0) is 0 Å². The number of rotatable bonds is 4. The fourth-order valence-electron chi connectivity index (χ4n) is 4.03. The zero-order valence-corrected chi connectivity index (χ0v) is 14.8. The minimum Gasteiger partial charge on any atom is -0.334 e. The molecule has 1 amide bonds. The molecule has 0 N–H and O–H groups in total. The van der Waals surface area contributed by atoms with Crippen molar-refractivity contribution in [2.24, 2.45) is 0 Å². The summed E-state index contributed by atoms with van der Waals surface area (Å²) in [7, 11) is 0. The number of carbonyl (C=O) groups excluding carboxylic acids is 1. The van der Waals surface area contributed by atoms with Gasteiger partial charge in [-0.25, -0.2) is 14.4 Å². The predicted molar refractivity (Wildman–Crippen MR) is 97.2 cm³/mol. The molecule has 5 nitrogen and oxygen atoms in total. The summed E-state index contributed by atoms with van der Waals surface area (Å²) in [5.74, 6) is -0.678. The van der Waals surface area contributed by atoms with Crippen LogP contribution in [0, 0.1) is 5.82 Å². The Morgan fingerprint density at radius 2 is 1.85 bits per heavy atom. The molecule has 26 heavy (non-hydrogen) atoms. The largest absolute Gasteiger partial charge is 0.334 e. The normalized spacial score (nSPS) is 20.7. The summed E-state index contributed by atoms with van der Waals surface area (Å²) >= 11 is 0. The number of amides is 1. The highest BCUT2D eigenvalue weighted by Crippen LogP contribution is 2.26. The van der Waals surface area contributed by atoms with Crippen LogP contribution in [0.4, 0.5) is 4.39 Å². The first-order chi connectivity index (χ1) is 12.7. The van der Waals surface area contributed by atoms with Crippen LogP contribution in [0.3, 0.4) is 0 Å². The van der Waals surface area contributed by atoms with E-state index in [0.29, 0.717) is 12.1 Å². The zero-order chi connectivity index (χ0) is 17.9. The summed E-state index contributed by atoms with van der Waals surface area (Å²) in [6.45, 7) is 3.85. The Kier molecular flexibility index (Phi) is 4.93. The van der Waals surface area contributed by atoms with Gasteiger partial charge < -0.3 is 9.80 Å². The second-order valence-corrected chi connectivity index (χ2v) is 7.12. The minimum absolute atomic E-state index is 0.152. The second-order valence-electron chi connectivity index (χ2n) is 7.12. The van der Waals surface area contributed by atoms with Gasteiger partial charge in [0.05, 0.1) is 5.56 Å². The number of nitrogens with zero attached hydrogens (tertiary/aromatic N) is 4. The van der Waals surface area contributed by atoms with Crippen molar-refractivity contribution in [2.75, 3.05) is 26.2 Å². The molecule has 6 heteroatoms. The summed E-state index contributed by atoms with van der Waals surface area (Å²) in [4.78, 5) is 25.1. The molecule has 0 unspecified atom stereocenters. The van der Waals surface area contributed by atoms with Crippen LogP contribution in [0.1, 0.15) is 36.0 Å². The van der Waals surface area contributed by atoms with Crippen molar-refractivity contribution in [1.82, 2.24) is 19.8 Å². The van der Waals surface area contributed by atoms with Gasteiger partial charge in [0.15, 0.2) is 0 Å². The molecule has 1 aromatic heterocycles. The van der Waals surface area contributed by atoms with E-state index in [4.69, 9.17) is 0 Å². The molecule has 2 saturated heterocycles. The van der Waals surface area contributed by atoms with Gasteiger partial charge in [0.1, 0.15) is 12.1 Å². The number of carbonyl (C=O) groups is 1. The second kappa shape index (κ2) is 7.50. The van der Waals surface area contributed by atoms with Crippen LogP contribution in [0.15, 0.2) is 36.9 Å². The molecule has 0 aliphatic carbocycles. The predicted octanol–water partition coefficient (Wildman–Crippen LogP) is 2.98. The van der Waals surface area contributed by atoms with Crippen molar-refractivity contribution in [3.8, 4) is 11.1 Å². The molecule has 0 bridgehead atoms. The third kappa shape index (κ3) is 3.46. The Hall–Kier alpha value is -2.34. The minimum atomic E-state index is -0.483. The van der Waals surface area contributed by atoms with Crippen LogP contribution in [0.25, 0.3) is 11.1 Å². The fourth-order valence-corrected chi connectivity index (χ4v) is 4.03. The monoisotopic (exact) mass is 354 g/mol. The first-order valence-electron chi connectivity index (χ1n) is 9.30. The molecule has 2 aromatic rings. The van der Waals surface area contributed by atoms with Gasteiger partial charge in [0.25, 0.3) is 5.91 Å². The van der Waals surface area contributed by atoms with Crippen LogP contribution >= 0.6 is 0 Å². The Bertz CT molecular complexity index is 777. The number of aromatic nitrogens is 2. The standard InChI is InChI=1S/C20H23FN4O/c21-19-10-15(16-11-22-14-23-12-16)5-6-18(19)20(26)25-9-3-4-17(25)13-24-7-1-2-8-24/h5-6,10-12,14,17H,1-4,7-9,13H2/t17-/m0/s1. The van der Waals surface area contributed by atoms with Gasteiger partial charge in [-0.3, -0.25) is 4.79 Å². The smallest absolute Gasteiger partial charge is 0.257 e. The van der Waals surface area contributed by atoms with E-state index in [9.17, 15) is 9.18 Å². The summed E-state index contributed by atoms with van der Waals surface area (Å²) < 4.78 is 14.7. The van der Waals surface area contributed by atoms with E-state index in [1.807, 2.05) is 4.90 Å². The van der Waals surface area contributed by atoms with Gasteiger partial charge in [0, 0.05) is 37.1 Å². The third-order valence-corrected chi connectivity index (χ3v) is 5.40. The van der Waals surface area contributed by atoms with E-state index in [1.165, 1.54) is 25.2 Å². The highest BCUT2D eigenvalue weighted by molar-refractivity contribution is 5.95. The summed E-state index contributed by atoms with van der Waals surface area (Å²) in [5, 5.41) is 0. The van der Waals surface area contributed by atoms with Gasteiger partial charge in [0.2, 0.25) is 0 Å². The lowest BCUT2D eigenvalue weighted by Crippen LogP contribution is -2.42. The lowest BCUT2D eigenvalue weighted by Gasteiger charge is -2.28. The van der Waals surface area contributed by atoms with Crippen molar-refractivity contribution in [2.45, 2.75) is 31.7 Å². The summed E-state index contributed by atoms with van der Waals surface area (Å²) in [6, 6.07) is 4.95. The maximum Gasteiger partial charge on any atom is 0.257 e. The van der Waals surface area contributed by atoms with E-state index in [0.717, 1.165) is 38.0 Å². The SMILES string of the molecule is O=C(c1ccc(-c2cncnc2)cc1F)N1CCC[C@H]1CN1CCCC1. The fraction of sp³-hybridized carbons (Fsp3) is 0.450. The van der Waals surface area contributed by atoms with Crippen LogP contribution in [0.5, 0.6) is 0 Å². The van der Waals surface area contributed by atoms with Crippen molar-refractivity contribution in [3.05, 3.63) is 48.3 Å². The van der Waals surface area contributed by atoms with Crippen molar-refractivity contribution >= 4 is 5.91 Å². The molecule has 2 aliphatic rings. The molecule has 4 rings (SSSR count).